The molecule has 2 aliphatic heterocycles. The minimum atomic E-state index is -0.118. The van der Waals surface area contributed by atoms with E-state index >= 15 is 0 Å². The van der Waals surface area contributed by atoms with Gasteiger partial charge in [-0.15, -0.1) is 0 Å². The van der Waals surface area contributed by atoms with E-state index in [-0.39, 0.29) is 17.7 Å². The van der Waals surface area contributed by atoms with E-state index in [0.717, 1.165) is 43.9 Å². The van der Waals surface area contributed by atoms with Crippen LogP contribution in [-0.2, 0) is 16.0 Å². The molecular formula is C23H27N3O2. The van der Waals surface area contributed by atoms with Gasteiger partial charge >= 0.3 is 0 Å². The molecule has 2 aromatic carbocycles. The molecule has 0 spiro atoms. The van der Waals surface area contributed by atoms with Gasteiger partial charge in [0.25, 0.3) is 0 Å². The van der Waals surface area contributed by atoms with Gasteiger partial charge in [0.05, 0.1) is 0 Å². The van der Waals surface area contributed by atoms with Crippen LogP contribution in [0.3, 0.4) is 0 Å². The van der Waals surface area contributed by atoms with Crippen molar-refractivity contribution in [1.29, 1.82) is 0 Å². The summed E-state index contributed by atoms with van der Waals surface area (Å²) < 4.78 is 0. The summed E-state index contributed by atoms with van der Waals surface area (Å²) >= 11 is 0. The van der Waals surface area contributed by atoms with E-state index in [2.05, 4.69) is 41.4 Å². The molecular weight excluding hydrogens is 350 g/mol. The Morgan fingerprint density at radius 1 is 1.07 bits per heavy atom. The zero-order chi connectivity index (χ0) is 19.5. The smallest absolute Gasteiger partial charge is 0.227 e. The molecule has 2 aromatic rings. The Bertz CT molecular complexity index is 872. The Hall–Kier alpha value is -2.82. The number of rotatable bonds is 4. The SMILES string of the molecule is Cc1cccc(N2CCN(C(=O)CCC3Cc4ccccc4NC3=O)CC2)c1. The van der Waals surface area contributed by atoms with Crippen molar-refractivity contribution in [2.24, 2.45) is 5.92 Å². The minimum Gasteiger partial charge on any atom is -0.368 e. The summed E-state index contributed by atoms with van der Waals surface area (Å²) in [4.78, 5) is 29.3. The number of carbonyl (C=O) groups excluding carboxylic acids is 2. The van der Waals surface area contributed by atoms with Gasteiger partial charge in [-0.05, 0) is 49.1 Å². The fraction of sp³-hybridized carbons (Fsp3) is 0.391. The molecule has 2 heterocycles. The third-order valence-corrected chi connectivity index (χ3v) is 5.82. The number of fused-ring (bicyclic) bond motifs is 1. The lowest BCUT2D eigenvalue weighted by Gasteiger charge is -2.36. The van der Waals surface area contributed by atoms with Crippen LogP contribution in [0.4, 0.5) is 11.4 Å². The average Bonchev–Trinajstić information content (AvgIpc) is 2.72. The summed E-state index contributed by atoms with van der Waals surface area (Å²) in [5, 5.41) is 2.97. The average molecular weight is 377 g/mol. The summed E-state index contributed by atoms with van der Waals surface area (Å²) in [6.45, 7) is 5.29. The van der Waals surface area contributed by atoms with Gasteiger partial charge in [-0.3, -0.25) is 9.59 Å². The number of piperazine rings is 1. The fourth-order valence-electron chi connectivity index (χ4n) is 4.14. The molecule has 5 nitrogen and oxygen atoms in total. The second-order valence-electron chi connectivity index (χ2n) is 7.79. The normalized spacial score (nSPS) is 19.2. The van der Waals surface area contributed by atoms with Gasteiger partial charge in [-0.25, -0.2) is 0 Å². The Morgan fingerprint density at radius 3 is 2.64 bits per heavy atom. The van der Waals surface area contributed by atoms with E-state index in [1.807, 2.05) is 29.2 Å². The highest BCUT2D eigenvalue weighted by atomic mass is 16.2. The van der Waals surface area contributed by atoms with Gasteiger partial charge in [0, 0.05) is 49.9 Å². The van der Waals surface area contributed by atoms with E-state index in [1.54, 1.807) is 0 Å². The number of hydrogen-bond donors (Lipinski definition) is 1. The predicted octanol–water partition coefficient (Wildman–Crippen LogP) is 3.23. The Labute approximate surface area is 166 Å². The molecule has 1 saturated heterocycles. The third-order valence-electron chi connectivity index (χ3n) is 5.82. The molecule has 28 heavy (non-hydrogen) atoms. The molecule has 1 fully saturated rings. The van der Waals surface area contributed by atoms with Crippen LogP contribution < -0.4 is 10.2 Å². The van der Waals surface area contributed by atoms with Crippen molar-refractivity contribution in [3.63, 3.8) is 0 Å². The van der Waals surface area contributed by atoms with Crippen molar-refractivity contribution < 1.29 is 9.59 Å². The molecule has 0 radical (unpaired) electrons. The van der Waals surface area contributed by atoms with Crippen molar-refractivity contribution >= 4 is 23.2 Å². The van der Waals surface area contributed by atoms with Gasteiger partial charge in [-0.2, -0.15) is 0 Å². The van der Waals surface area contributed by atoms with E-state index in [0.29, 0.717) is 12.8 Å². The number of nitrogens with zero attached hydrogens (tertiary/aromatic N) is 2. The molecule has 1 atom stereocenters. The predicted molar refractivity (Wildman–Crippen MR) is 111 cm³/mol. The molecule has 2 aliphatic rings. The van der Waals surface area contributed by atoms with Crippen molar-refractivity contribution in [2.75, 3.05) is 36.4 Å². The lowest BCUT2D eigenvalue weighted by molar-refractivity contribution is -0.132. The van der Waals surface area contributed by atoms with Gasteiger partial charge in [0.15, 0.2) is 0 Å². The maximum Gasteiger partial charge on any atom is 0.227 e. The number of carbonyl (C=O) groups is 2. The molecule has 5 heteroatoms. The zero-order valence-electron chi connectivity index (χ0n) is 16.4. The van der Waals surface area contributed by atoms with E-state index < -0.39 is 0 Å². The monoisotopic (exact) mass is 377 g/mol. The van der Waals surface area contributed by atoms with Crippen LogP contribution in [0.1, 0.15) is 24.0 Å². The summed E-state index contributed by atoms with van der Waals surface area (Å²) in [5.74, 6) is 0.0822. The maximum atomic E-state index is 12.7. The number of para-hydroxylation sites is 1. The molecule has 0 bridgehead atoms. The standard InChI is InChI=1S/C23H27N3O2/c1-17-5-4-7-20(15-17)25-11-13-26(14-12-25)22(27)10-9-19-16-18-6-2-3-8-21(18)24-23(19)28/h2-8,15,19H,9-14,16H2,1H3,(H,24,28). The van der Waals surface area contributed by atoms with Crippen LogP contribution in [0.5, 0.6) is 0 Å². The number of benzene rings is 2. The van der Waals surface area contributed by atoms with Crippen molar-refractivity contribution in [3.8, 4) is 0 Å². The van der Waals surface area contributed by atoms with Crippen LogP contribution in [-0.4, -0.2) is 42.9 Å². The fourth-order valence-corrected chi connectivity index (χ4v) is 4.14. The van der Waals surface area contributed by atoms with Gasteiger partial charge in [0.2, 0.25) is 11.8 Å². The lowest BCUT2D eigenvalue weighted by atomic mass is 9.89. The molecule has 4 rings (SSSR count). The Morgan fingerprint density at radius 2 is 1.86 bits per heavy atom. The maximum absolute atomic E-state index is 12.7. The lowest BCUT2D eigenvalue weighted by Crippen LogP contribution is -2.49. The second-order valence-corrected chi connectivity index (χ2v) is 7.79. The summed E-state index contributed by atoms with van der Waals surface area (Å²) in [5.41, 5.74) is 4.54. The van der Waals surface area contributed by atoms with E-state index in [4.69, 9.17) is 0 Å². The molecule has 0 saturated carbocycles. The van der Waals surface area contributed by atoms with Crippen LogP contribution in [0.15, 0.2) is 48.5 Å². The number of amides is 2. The van der Waals surface area contributed by atoms with Gasteiger partial charge < -0.3 is 15.1 Å². The highest BCUT2D eigenvalue weighted by molar-refractivity contribution is 5.96. The van der Waals surface area contributed by atoms with Crippen molar-refractivity contribution in [2.45, 2.75) is 26.2 Å². The Balaban J connectivity index is 1.28. The molecule has 1 N–H and O–H groups in total. The van der Waals surface area contributed by atoms with E-state index in [9.17, 15) is 9.59 Å². The molecule has 0 aromatic heterocycles. The molecule has 1 unspecified atom stereocenters. The minimum absolute atomic E-state index is 0.0377. The quantitative estimate of drug-likeness (QED) is 0.890. The van der Waals surface area contributed by atoms with Crippen LogP contribution in [0.2, 0.25) is 0 Å². The number of anilines is 2. The first-order valence-corrected chi connectivity index (χ1v) is 10.1. The van der Waals surface area contributed by atoms with Crippen LogP contribution >= 0.6 is 0 Å². The summed E-state index contributed by atoms with van der Waals surface area (Å²) in [6, 6.07) is 16.4. The molecule has 146 valence electrons. The highest BCUT2D eigenvalue weighted by Gasteiger charge is 2.28. The third kappa shape index (κ3) is 4.03. The van der Waals surface area contributed by atoms with Crippen LogP contribution in [0, 0.1) is 12.8 Å². The molecule has 2 amide bonds. The van der Waals surface area contributed by atoms with Gasteiger partial charge in [0.1, 0.15) is 0 Å². The zero-order valence-corrected chi connectivity index (χ0v) is 16.4. The summed E-state index contributed by atoms with van der Waals surface area (Å²) in [6.07, 6.45) is 1.76. The second kappa shape index (κ2) is 8.05. The topological polar surface area (TPSA) is 52.6 Å². The first kappa shape index (κ1) is 18.5. The summed E-state index contributed by atoms with van der Waals surface area (Å²) in [7, 11) is 0. The van der Waals surface area contributed by atoms with Crippen molar-refractivity contribution in [3.05, 3.63) is 59.7 Å². The number of aryl methyl sites for hydroxylation is 1. The number of nitrogens with one attached hydrogen (secondary N) is 1. The highest BCUT2D eigenvalue weighted by Crippen LogP contribution is 2.28. The van der Waals surface area contributed by atoms with Crippen molar-refractivity contribution in [1.82, 2.24) is 4.90 Å². The largest absolute Gasteiger partial charge is 0.368 e. The van der Waals surface area contributed by atoms with Gasteiger partial charge in [-0.1, -0.05) is 30.3 Å². The number of hydrogen-bond acceptors (Lipinski definition) is 3. The first-order valence-electron chi connectivity index (χ1n) is 10.1. The van der Waals surface area contributed by atoms with E-state index in [1.165, 1.54) is 11.3 Å². The first-order chi connectivity index (χ1) is 13.6. The Kier molecular flexibility index (Phi) is 5.33. The molecule has 0 aliphatic carbocycles. The van der Waals surface area contributed by atoms with Crippen LogP contribution in [0.25, 0.3) is 0 Å².